The fraction of sp³-hybridized carbons (Fsp3) is 0.0400. The van der Waals surface area contributed by atoms with Gasteiger partial charge in [-0.25, -0.2) is 8.78 Å². The normalized spacial score (nSPS) is 16.2. The lowest BCUT2D eigenvalue weighted by Crippen LogP contribution is -2.31. The summed E-state index contributed by atoms with van der Waals surface area (Å²) in [5.74, 6) is -4.78. The number of hydrogen-bond donors (Lipinski definition) is 1. The molecule has 5 nitrogen and oxygen atoms in total. The molecule has 1 N–H and O–H groups in total. The van der Waals surface area contributed by atoms with Crippen LogP contribution in [-0.2, 0) is 4.79 Å². The van der Waals surface area contributed by atoms with E-state index in [-0.39, 0.29) is 17.0 Å². The monoisotopic (exact) mass is 465 g/mol. The van der Waals surface area contributed by atoms with Crippen molar-refractivity contribution in [2.24, 2.45) is 0 Å². The molecular weight excluding hydrogens is 452 g/mol. The molecule has 4 aromatic rings. The van der Waals surface area contributed by atoms with Gasteiger partial charge in [-0.3, -0.25) is 14.5 Å². The van der Waals surface area contributed by atoms with E-state index in [4.69, 9.17) is 16.0 Å². The number of hydrogen-bond acceptors (Lipinski definition) is 4. The van der Waals surface area contributed by atoms with E-state index in [1.54, 1.807) is 48.5 Å². The molecule has 1 amide bonds. The molecular formula is C25H14ClF2NO4. The van der Waals surface area contributed by atoms with Crippen molar-refractivity contribution in [3.8, 4) is 0 Å². The zero-order chi connectivity index (χ0) is 23.3. The molecule has 164 valence electrons. The summed E-state index contributed by atoms with van der Waals surface area (Å²) >= 11 is 6.01. The number of fused-ring (bicyclic) bond motifs is 1. The summed E-state index contributed by atoms with van der Waals surface area (Å²) in [6.07, 6.45) is 0. The molecule has 1 unspecified atom stereocenters. The van der Waals surface area contributed by atoms with Gasteiger partial charge in [0.1, 0.15) is 5.58 Å². The summed E-state index contributed by atoms with van der Waals surface area (Å²) in [4.78, 5) is 27.6. The summed E-state index contributed by atoms with van der Waals surface area (Å²) in [5.41, 5.74) is 0.641. The Balaban J connectivity index is 1.66. The second kappa shape index (κ2) is 7.86. The summed E-state index contributed by atoms with van der Waals surface area (Å²) in [7, 11) is 0. The number of furan rings is 1. The minimum Gasteiger partial charge on any atom is -0.503 e. The Hall–Kier alpha value is -3.97. The third-order valence-electron chi connectivity index (χ3n) is 5.45. The minimum absolute atomic E-state index is 0.0153. The molecule has 0 aliphatic carbocycles. The first-order valence-corrected chi connectivity index (χ1v) is 10.2. The molecule has 5 rings (SSSR count). The molecule has 0 saturated carbocycles. The SMILES string of the molecule is O=C(C1=C(O)C(=O)N(c2ccc(F)c(F)c2)C1c1ccccc1)c1cc2cc(Cl)ccc2o1. The second-order valence-electron chi connectivity index (χ2n) is 7.47. The number of benzene rings is 3. The van der Waals surface area contributed by atoms with Crippen LogP contribution in [0.1, 0.15) is 22.2 Å². The number of nitrogens with zero attached hydrogens (tertiary/aromatic N) is 1. The number of halogens is 3. The minimum atomic E-state index is -1.17. The van der Waals surface area contributed by atoms with E-state index in [1.807, 2.05) is 0 Å². The van der Waals surface area contributed by atoms with Gasteiger partial charge in [-0.2, -0.15) is 0 Å². The Bertz CT molecular complexity index is 1460. The van der Waals surface area contributed by atoms with E-state index < -0.39 is 35.1 Å². The van der Waals surface area contributed by atoms with E-state index in [9.17, 15) is 23.5 Å². The van der Waals surface area contributed by atoms with Gasteiger partial charge in [-0.1, -0.05) is 41.9 Å². The Morgan fingerprint density at radius 2 is 1.73 bits per heavy atom. The van der Waals surface area contributed by atoms with Gasteiger partial charge in [-0.15, -0.1) is 0 Å². The van der Waals surface area contributed by atoms with Crippen LogP contribution in [0.3, 0.4) is 0 Å². The van der Waals surface area contributed by atoms with Gasteiger partial charge in [0.25, 0.3) is 5.91 Å². The van der Waals surface area contributed by atoms with Crippen LogP contribution in [0.15, 0.2) is 88.5 Å². The molecule has 8 heteroatoms. The molecule has 1 aliphatic heterocycles. The third kappa shape index (κ3) is 3.47. The fourth-order valence-corrected chi connectivity index (χ4v) is 4.13. The van der Waals surface area contributed by atoms with Crippen molar-refractivity contribution in [3.05, 3.63) is 112 Å². The number of carbonyl (C=O) groups is 2. The Morgan fingerprint density at radius 3 is 2.45 bits per heavy atom. The fourth-order valence-electron chi connectivity index (χ4n) is 3.95. The molecule has 0 spiro atoms. The van der Waals surface area contributed by atoms with Crippen LogP contribution in [-0.4, -0.2) is 16.8 Å². The van der Waals surface area contributed by atoms with Gasteiger partial charge in [0.15, 0.2) is 23.2 Å². The topological polar surface area (TPSA) is 70.8 Å². The predicted octanol–water partition coefficient (Wildman–Crippen LogP) is 6.15. The third-order valence-corrected chi connectivity index (χ3v) is 5.69. The summed E-state index contributed by atoms with van der Waals surface area (Å²) < 4.78 is 33.1. The Morgan fingerprint density at radius 1 is 0.970 bits per heavy atom. The molecule has 1 aliphatic rings. The molecule has 2 heterocycles. The van der Waals surface area contributed by atoms with E-state index in [0.29, 0.717) is 21.6 Å². The maximum atomic E-state index is 14.0. The summed E-state index contributed by atoms with van der Waals surface area (Å²) in [5, 5.41) is 11.8. The number of anilines is 1. The Labute approximate surface area is 191 Å². The smallest absolute Gasteiger partial charge is 0.294 e. The van der Waals surface area contributed by atoms with Crippen molar-refractivity contribution in [1.29, 1.82) is 0 Å². The van der Waals surface area contributed by atoms with Gasteiger partial charge in [0, 0.05) is 22.2 Å². The quantitative estimate of drug-likeness (QED) is 0.367. The van der Waals surface area contributed by atoms with Gasteiger partial charge in [0.2, 0.25) is 5.78 Å². The molecule has 0 bridgehead atoms. The number of rotatable bonds is 4. The zero-order valence-electron chi connectivity index (χ0n) is 16.8. The van der Waals surface area contributed by atoms with Crippen molar-refractivity contribution in [1.82, 2.24) is 0 Å². The van der Waals surface area contributed by atoms with Crippen LogP contribution in [0.2, 0.25) is 5.02 Å². The van der Waals surface area contributed by atoms with Crippen molar-refractivity contribution in [3.63, 3.8) is 0 Å². The van der Waals surface area contributed by atoms with E-state index in [2.05, 4.69) is 0 Å². The first-order valence-electron chi connectivity index (χ1n) is 9.85. The first-order chi connectivity index (χ1) is 15.8. The van der Waals surface area contributed by atoms with E-state index in [0.717, 1.165) is 17.0 Å². The van der Waals surface area contributed by atoms with Crippen molar-refractivity contribution >= 4 is 39.9 Å². The van der Waals surface area contributed by atoms with Crippen molar-refractivity contribution in [2.45, 2.75) is 6.04 Å². The predicted molar refractivity (Wildman–Crippen MR) is 118 cm³/mol. The van der Waals surface area contributed by atoms with Crippen LogP contribution in [0.5, 0.6) is 0 Å². The molecule has 1 atom stereocenters. The van der Waals surface area contributed by atoms with Gasteiger partial charge in [-0.05, 0) is 42.0 Å². The standard InChI is InChI=1S/C25H14ClF2NO4/c26-15-6-9-19-14(10-15)11-20(33-19)23(30)21-22(13-4-2-1-3-5-13)29(25(32)24(21)31)16-7-8-17(27)18(28)12-16/h1-12,22,31H. The summed E-state index contributed by atoms with van der Waals surface area (Å²) in [6.45, 7) is 0. The van der Waals surface area contributed by atoms with Gasteiger partial charge in [0.05, 0.1) is 11.6 Å². The number of aliphatic hydroxyl groups is 1. The van der Waals surface area contributed by atoms with Crippen LogP contribution in [0.4, 0.5) is 14.5 Å². The lowest BCUT2D eigenvalue weighted by Gasteiger charge is -2.26. The highest BCUT2D eigenvalue weighted by molar-refractivity contribution is 6.31. The van der Waals surface area contributed by atoms with Crippen molar-refractivity contribution < 1.29 is 27.9 Å². The average Bonchev–Trinajstić information content (AvgIpc) is 3.34. The number of ketones is 1. The lowest BCUT2D eigenvalue weighted by atomic mass is 9.95. The number of Topliss-reactive ketones (excluding diaryl/α,β-unsaturated/α-hetero) is 1. The highest BCUT2D eigenvalue weighted by Crippen LogP contribution is 2.42. The highest BCUT2D eigenvalue weighted by atomic mass is 35.5. The van der Waals surface area contributed by atoms with Gasteiger partial charge < -0.3 is 9.52 Å². The van der Waals surface area contributed by atoms with Crippen LogP contribution >= 0.6 is 11.6 Å². The molecule has 33 heavy (non-hydrogen) atoms. The average molecular weight is 466 g/mol. The maximum absolute atomic E-state index is 14.0. The molecule has 0 saturated heterocycles. The Kier molecular flexibility index (Phi) is 4.98. The molecule has 0 radical (unpaired) electrons. The molecule has 1 aromatic heterocycles. The van der Waals surface area contributed by atoms with Crippen LogP contribution in [0.25, 0.3) is 11.0 Å². The first kappa shape index (κ1) is 20.9. The molecule has 0 fully saturated rings. The van der Waals surface area contributed by atoms with Crippen molar-refractivity contribution in [2.75, 3.05) is 4.90 Å². The highest BCUT2D eigenvalue weighted by Gasteiger charge is 2.45. The lowest BCUT2D eigenvalue weighted by molar-refractivity contribution is -0.117. The number of amides is 1. The second-order valence-corrected chi connectivity index (χ2v) is 7.91. The zero-order valence-corrected chi connectivity index (χ0v) is 17.5. The van der Waals surface area contributed by atoms with E-state index >= 15 is 0 Å². The maximum Gasteiger partial charge on any atom is 0.294 e. The van der Waals surface area contributed by atoms with Gasteiger partial charge >= 0.3 is 0 Å². The molecule has 3 aromatic carbocycles. The number of carbonyl (C=O) groups excluding carboxylic acids is 2. The van der Waals surface area contributed by atoms with Crippen LogP contribution in [0, 0.1) is 11.6 Å². The van der Waals surface area contributed by atoms with E-state index in [1.165, 1.54) is 12.1 Å². The summed E-state index contributed by atoms with van der Waals surface area (Å²) in [6, 6.07) is 16.6. The van der Waals surface area contributed by atoms with Crippen LogP contribution < -0.4 is 4.90 Å². The largest absolute Gasteiger partial charge is 0.503 e. The number of aliphatic hydroxyl groups excluding tert-OH is 1.